The van der Waals surface area contributed by atoms with Crippen LogP contribution in [0, 0.1) is 5.92 Å². The van der Waals surface area contributed by atoms with Crippen molar-refractivity contribution in [2.45, 2.75) is 32.2 Å². The fourth-order valence-electron chi connectivity index (χ4n) is 2.40. The summed E-state index contributed by atoms with van der Waals surface area (Å²) in [7, 11) is 1.60. The van der Waals surface area contributed by atoms with Crippen molar-refractivity contribution in [2.75, 3.05) is 12.4 Å². The van der Waals surface area contributed by atoms with Crippen LogP contribution in [0.2, 0.25) is 0 Å². The van der Waals surface area contributed by atoms with E-state index in [4.69, 9.17) is 9.84 Å². The smallest absolute Gasteiger partial charge is 0.319 e. The van der Waals surface area contributed by atoms with Gasteiger partial charge in [-0.1, -0.05) is 13.0 Å². The SMILES string of the molecule is CCc1ccc(NC(=O)NC2CC(C(=O)O)C2)cc1OC. The molecule has 1 aliphatic rings. The van der Waals surface area contributed by atoms with Crippen LogP contribution < -0.4 is 15.4 Å². The van der Waals surface area contributed by atoms with Crippen LogP contribution in [-0.2, 0) is 11.2 Å². The van der Waals surface area contributed by atoms with Gasteiger partial charge in [0.25, 0.3) is 0 Å². The molecule has 0 atom stereocenters. The monoisotopic (exact) mass is 292 g/mol. The van der Waals surface area contributed by atoms with E-state index in [0.717, 1.165) is 17.7 Å². The summed E-state index contributed by atoms with van der Waals surface area (Å²) in [5.74, 6) is -0.391. The number of ether oxygens (including phenoxy) is 1. The fraction of sp³-hybridized carbons (Fsp3) is 0.467. The van der Waals surface area contributed by atoms with E-state index in [2.05, 4.69) is 10.6 Å². The Morgan fingerprint density at radius 1 is 1.38 bits per heavy atom. The number of carbonyl (C=O) groups excluding carboxylic acids is 1. The normalized spacial score (nSPS) is 20.3. The quantitative estimate of drug-likeness (QED) is 0.776. The van der Waals surface area contributed by atoms with Gasteiger partial charge in [0.15, 0.2) is 0 Å². The molecule has 0 bridgehead atoms. The van der Waals surface area contributed by atoms with E-state index in [9.17, 15) is 9.59 Å². The molecule has 0 unspecified atom stereocenters. The molecule has 1 saturated carbocycles. The number of carbonyl (C=O) groups is 2. The largest absolute Gasteiger partial charge is 0.496 e. The molecule has 0 radical (unpaired) electrons. The van der Waals surface area contributed by atoms with Gasteiger partial charge in [-0.05, 0) is 30.9 Å². The minimum atomic E-state index is -0.798. The number of carboxylic acid groups (broad SMARTS) is 1. The second-order valence-electron chi connectivity index (χ2n) is 5.18. The number of methoxy groups -OCH3 is 1. The molecule has 2 amide bonds. The second-order valence-corrected chi connectivity index (χ2v) is 5.18. The molecule has 6 nitrogen and oxygen atoms in total. The van der Waals surface area contributed by atoms with Gasteiger partial charge in [0.2, 0.25) is 0 Å². The van der Waals surface area contributed by atoms with Crippen molar-refractivity contribution in [3.05, 3.63) is 23.8 Å². The molecule has 0 spiro atoms. The molecular weight excluding hydrogens is 272 g/mol. The van der Waals surface area contributed by atoms with E-state index in [-0.39, 0.29) is 18.0 Å². The van der Waals surface area contributed by atoms with Crippen LogP contribution in [0.15, 0.2) is 18.2 Å². The van der Waals surface area contributed by atoms with E-state index >= 15 is 0 Å². The van der Waals surface area contributed by atoms with Crippen molar-refractivity contribution < 1.29 is 19.4 Å². The number of aliphatic carboxylic acids is 1. The standard InChI is InChI=1S/C15H20N2O4/c1-3-9-4-5-11(8-13(9)21-2)16-15(20)17-12-6-10(7-12)14(18)19/h4-5,8,10,12H,3,6-7H2,1-2H3,(H,18,19)(H2,16,17,20). The highest BCUT2D eigenvalue weighted by molar-refractivity contribution is 5.90. The first kappa shape index (κ1) is 15.2. The highest BCUT2D eigenvalue weighted by atomic mass is 16.5. The zero-order chi connectivity index (χ0) is 15.4. The third-order valence-corrected chi connectivity index (χ3v) is 3.75. The molecule has 1 fully saturated rings. The van der Waals surface area contributed by atoms with Crippen molar-refractivity contribution in [3.8, 4) is 5.75 Å². The van der Waals surface area contributed by atoms with Gasteiger partial charge in [-0.25, -0.2) is 4.79 Å². The Balaban J connectivity index is 1.87. The highest BCUT2D eigenvalue weighted by Gasteiger charge is 2.35. The van der Waals surface area contributed by atoms with Crippen molar-refractivity contribution >= 4 is 17.7 Å². The summed E-state index contributed by atoms with van der Waals surface area (Å²) in [5, 5.41) is 14.3. The van der Waals surface area contributed by atoms with Crippen molar-refractivity contribution in [2.24, 2.45) is 5.92 Å². The van der Waals surface area contributed by atoms with Crippen LogP contribution in [-0.4, -0.2) is 30.3 Å². The summed E-state index contributed by atoms with van der Waals surface area (Å²) in [4.78, 5) is 22.5. The number of carboxylic acids is 1. The first-order chi connectivity index (χ1) is 10.0. The van der Waals surface area contributed by atoms with Gasteiger partial charge in [0, 0.05) is 17.8 Å². The summed E-state index contributed by atoms with van der Waals surface area (Å²) in [6, 6.07) is 5.12. The highest BCUT2D eigenvalue weighted by Crippen LogP contribution is 2.28. The molecule has 1 aromatic carbocycles. The Morgan fingerprint density at radius 2 is 2.10 bits per heavy atom. The molecule has 0 aliphatic heterocycles. The lowest BCUT2D eigenvalue weighted by molar-refractivity contribution is -0.145. The Morgan fingerprint density at radius 3 is 2.67 bits per heavy atom. The number of benzene rings is 1. The average molecular weight is 292 g/mol. The Labute approximate surface area is 123 Å². The van der Waals surface area contributed by atoms with E-state index < -0.39 is 5.97 Å². The van der Waals surface area contributed by atoms with E-state index in [1.807, 2.05) is 19.1 Å². The first-order valence-electron chi connectivity index (χ1n) is 7.00. The Hall–Kier alpha value is -2.24. The van der Waals surface area contributed by atoms with Crippen molar-refractivity contribution in [3.63, 3.8) is 0 Å². The van der Waals surface area contributed by atoms with Crippen LogP contribution in [0.25, 0.3) is 0 Å². The predicted octanol–water partition coefficient (Wildman–Crippen LogP) is 2.24. The third kappa shape index (κ3) is 3.65. The van der Waals surface area contributed by atoms with Gasteiger partial charge in [0.05, 0.1) is 13.0 Å². The van der Waals surface area contributed by atoms with E-state index in [1.54, 1.807) is 13.2 Å². The van der Waals surface area contributed by atoms with Gasteiger partial charge >= 0.3 is 12.0 Å². The maximum absolute atomic E-state index is 11.8. The number of hydrogen-bond donors (Lipinski definition) is 3. The topological polar surface area (TPSA) is 87.7 Å². The van der Waals surface area contributed by atoms with Crippen molar-refractivity contribution in [1.29, 1.82) is 0 Å². The van der Waals surface area contributed by atoms with Gasteiger partial charge < -0.3 is 20.5 Å². The molecule has 0 saturated heterocycles. The fourth-order valence-corrected chi connectivity index (χ4v) is 2.40. The van der Waals surface area contributed by atoms with E-state index in [0.29, 0.717) is 18.5 Å². The lowest BCUT2D eigenvalue weighted by Crippen LogP contribution is -2.48. The number of hydrogen-bond acceptors (Lipinski definition) is 3. The summed E-state index contributed by atoms with van der Waals surface area (Å²) >= 11 is 0. The summed E-state index contributed by atoms with van der Waals surface area (Å²) < 4.78 is 5.28. The number of amides is 2. The molecule has 0 aromatic heterocycles. The zero-order valence-corrected chi connectivity index (χ0v) is 12.2. The molecule has 6 heteroatoms. The summed E-state index contributed by atoms with van der Waals surface area (Å²) in [6.45, 7) is 2.03. The number of anilines is 1. The third-order valence-electron chi connectivity index (χ3n) is 3.75. The summed E-state index contributed by atoms with van der Waals surface area (Å²) in [5.41, 5.74) is 1.72. The van der Waals surface area contributed by atoms with Crippen LogP contribution >= 0.6 is 0 Å². The molecule has 3 N–H and O–H groups in total. The molecule has 0 heterocycles. The van der Waals surface area contributed by atoms with Gasteiger partial charge in [-0.15, -0.1) is 0 Å². The van der Waals surface area contributed by atoms with Crippen molar-refractivity contribution in [1.82, 2.24) is 5.32 Å². The molecule has 114 valence electrons. The van der Waals surface area contributed by atoms with E-state index in [1.165, 1.54) is 0 Å². The number of aryl methyl sites for hydroxylation is 1. The van der Waals surface area contributed by atoms with Gasteiger partial charge in [0.1, 0.15) is 5.75 Å². The number of nitrogens with one attached hydrogen (secondary N) is 2. The minimum Gasteiger partial charge on any atom is -0.496 e. The molecule has 21 heavy (non-hydrogen) atoms. The predicted molar refractivity (Wildman–Crippen MR) is 78.7 cm³/mol. The number of urea groups is 1. The lowest BCUT2D eigenvalue weighted by atomic mass is 9.80. The maximum atomic E-state index is 11.8. The molecule has 2 rings (SSSR count). The minimum absolute atomic E-state index is 0.0667. The first-order valence-corrected chi connectivity index (χ1v) is 7.00. The van der Waals surface area contributed by atoms with Crippen LogP contribution in [0.3, 0.4) is 0 Å². The Kier molecular flexibility index (Phi) is 4.67. The van der Waals surface area contributed by atoms with Crippen LogP contribution in [0.5, 0.6) is 5.75 Å². The lowest BCUT2D eigenvalue weighted by Gasteiger charge is -2.32. The molecule has 1 aliphatic carbocycles. The molecular formula is C15H20N2O4. The second kappa shape index (κ2) is 6.47. The maximum Gasteiger partial charge on any atom is 0.319 e. The molecule has 1 aromatic rings. The summed E-state index contributed by atoms with van der Waals surface area (Å²) in [6.07, 6.45) is 1.83. The Bertz CT molecular complexity index is 538. The van der Waals surface area contributed by atoms with Crippen LogP contribution in [0.4, 0.5) is 10.5 Å². The van der Waals surface area contributed by atoms with Gasteiger partial charge in [-0.3, -0.25) is 4.79 Å². The van der Waals surface area contributed by atoms with Gasteiger partial charge in [-0.2, -0.15) is 0 Å². The average Bonchev–Trinajstić information content (AvgIpc) is 2.41. The number of rotatable bonds is 5. The van der Waals surface area contributed by atoms with Crippen LogP contribution in [0.1, 0.15) is 25.3 Å². The zero-order valence-electron chi connectivity index (χ0n) is 12.2.